The van der Waals surface area contributed by atoms with Gasteiger partial charge in [-0.2, -0.15) is 0 Å². The number of benzene rings is 1. The monoisotopic (exact) mass is 515 g/mol. The van der Waals surface area contributed by atoms with Gasteiger partial charge in [-0.1, -0.05) is 51.8 Å². The minimum Gasteiger partial charge on any atom is -0.483 e. The molecule has 2 aliphatic heterocycles. The first-order valence-corrected chi connectivity index (χ1v) is 13.3. The van der Waals surface area contributed by atoms with Gasteiger partial charge >= 0.3 is 6.09 Å². The third-order valence-corrected chi connectivity index (χ3v) is 7.30. The van der Waals surface area contributed by atoms with E-state index < -0.39 is 17.7 Å². The Labute approximate surface area is 218 Å². The molecule has 2 amide bonds. The number of ether oxygens (including phenoxy) is 2. The molecule has 196 valence electrons. The van der Waals surface area contributed by atoms with Gasteiger partial charge in [0.15, 0.2) is 0 Å². The number of aromatic nitrogens is 1. The molecule has 1 aromatic heterocycles. The number of nitrogens with zero attached hydrogens (tertiary/aromatic N) is 2. The molecule has 2 aliphatic rings. The van der Waals surface area contributed by atoms with Gasteiger partial charge in [0.25, 0.3) is 0 Å². The molecule has 2 aromatic rings. The molecular formula is C28H38ClN3O4. The average Bonchev–Trinajstić information content (AvgIpc) is 3.12. The van der Waals surface area contributed by atoms with Gasteiger partial charge in [0.05, 0.1) is 24.4 Å². The van der Waals surface area contributed by atoms with Crippen molar-refractivity contribution in [3.8, 4) is 5.75 Å². The van der Waals surface area contributed by atoms with Crippen LogP contribution in [0.15, 0.2) is 18.2 Å². The van der Waals surface area contributed by atoms with Crippen LogP contribution in [0.5, 0.6) is 5.75 Å². The molecule has 0 aliphatic carbocycles. The van der Waals surface area contributed by atoms with E-state index >= 15 is 0 Å². The third kappa shape index (κ3) is 5.56. The van der Waals surface area contributed by atoms with Crippen molar-refractivity contribution >= 4 is 34.5 Å². The number of aryl methyl sites for hydroxylation is 2. The van der Waals surface area contributed by atoms with Crippen molar-refractivity contribution in [1.82, 2.24) is 15.2 Å². The number of likely N-dealkylation sites (tertiary alicyclic amines) is 1. The molecule has 1 aromatic carbocycles. The first-order valence-electron chi connectivity index (χ1n) is 12.9. The molecule has 0 radical (unpaired) electrons. The molecule has 3 heterocycles. The molecule has 0 bridgehead atoms. The number of nitrogens with one attached hydrogen (secondary N) is 1. The number of amides is 2. The van der Waals surface area contributed by atoms with Crippen LogP contribution >= 0.6 is 11.6 Å². The summed E-state index contributed by atoms with van der Waals surface area (Å²) in [6.07, 6.45) is 3.19. The van der Waals surface area contributed by atoms with E-state index in [1.807, 2.05) is 57.7 Å². The summed E-state index contributed by atoms with van der Waals surface area (Å²) in [5.74, 6) is 0.748. The fraction of sp³-hybridized carbons (Fsp3) is 0.607. The number of hydrogen-bond acceptors (Lipinski definition) is 5. The SMILES string of the molecule is CCCC(NC(=O)OCC(C)(C)C)C(=O)N1CC2(CCc3c(c(C)nc4cc(Cl)ccc34)O2)CC1C. The number of alkyl carbamates (subject to hydrolysis) is 1. The molecule has 8 heteroatoms. The van der Waals surface area contributed by atoms with Crippen molar-refractivity contribution in [3.05, 3.63) is 34.5 Å². The lowest BCUT2D eigenvalue weighted by Gasteiger charge is -2.37. The van der Waals surface area contributed by atoms with Gasteiger partial charge in [-0.25, -0.2) is 9.78 Å². The molecule has 4 rings (SSSR count). The molecule has 1 fully saturated rings. The van der Waals surface area contributed by atoms with Crippen molar-refractivity contribution in [2.24, 2.45) is 5.41 Å². The van der Waals surface area contributed by atoms with Crippen molar-refractivity contribution in [1.29, 1.82) is 0 Å². The Kier molecular flexibility index (Phi) is 7.42. The second-order valence-electron chi connectivity index (χ2n) is 11.6. The van der Waals surface area contributed by atoms with E-state index in [0.29, 0.717) is 18.0 Å². The average molecular weight is 516 g/mol. The number of pyridine rings is 1. The smallest absolute Gasteiger partial charge is 0.407 e. The molecule has 0 saturated carbocycles. The number of carbonyl (C=O) groups is 2. The van der Waals surface area contributed by atoms with Gasteiger partial charge in [0.1, 0.15) is 17.4 Å². The summed E-state index contributed by atoms with van der Waals surface area (Å²) >= 11 is 6.19. The highest BCUT2D eigenvalue weighted by Gasteiger charge is 2.49. The van der Waals surface area contributed by atoms with Crippen LogP contribution in [0.1, 0.15) is 71.6 Å². The maximum Gasteiger partial charge on any atom is 0.407 e. The van der Waals surface area contributed by atoms with Gasteiger partial charge < -0.3 is 19.7 Å². The number of hydrogen-bond donors (Lipinski definition) is 1. The quantitative estimate of drug-likeness (QED) is 0.542. The first-order chi connectivity index (χ1) is 16.9. The minimum atomic E-state index is -0.618. The lowest BCUT2D eigenvalue weighted by atomic mass is 9.87. The maximum atomic E-state index is 13.6. The van der Waals surface area contributed by atoms with Gasteiger partial charge in [-0.15, -0.1) is 0 Å². The van der Waals surface area contributed by atoms with Crippen LogP contribution in [-0.4, -0.2) is 52.7 Å². The number of rotatable bonds is 5. The predicted molar refractivity (Wildman–Crippen MR) is 142 cm³/mol. The van der Waals surface area contributed by atoms with Crippen LogP contribution in [0.25, 0.3) is 10.9 Å². The van der Waals surface area contributed by atoms with E-state index in [1.165, 1.54) is 0 Å². The largest absolute Gasteiger partial charge is 0.483 e. The molecular weight excluding hydrogens is 478 g/mol. The predicted octanol–water partition coefficient (Wildman–Crippen LogP) is 5.82. The molecule has 1 saturated heterocycles. The Hall–Kier alpha value is -2.54. The van der Waals surface area contributed by atoms with Gasteiger partial charge in [0.2, 0.25) is 5.91 Å². The van der Waals surface area contributed by atoms with Crippen molar-refractivity contribution in [3.63, 3.8) is 0 Å². The van der Waals surface area contributed by atoms with Crippen LogP contribution in [0.2, 0.25) is 5.02 Å². The van der Waals surface area contributed by atoms with E-state index in [1.54, 1.807) is 0 Å². The molecule has 3 atom stereocenters. The van der Waals surface area contributed by atoms with Crippen LogP contribution in [-0.2, 0) is 16.0 Å². The van der Waals surface area contributed by atoms with E-state index in [-0.39, 0.29) is 24.0 Å². The summed E-state index contributed by atoms with van der Waals surface area (Å²) in [7, 11) is 0. The first kappa shape index (κ1) is 26.5. The highest BCUT2D eigenvalue weighted by molar-refractivity contribution is 6.31. The zero-order valence-electron chi connectivity index (χ0n) is 22.2. The Bertz CT molecular complexity index is 1160. The summed E-state index contributed by atoms with van der Waals surface area (Å²) in [5.41, 5.74) is 2.27. The Morgan fingerprint density at radius 3 is 2.81 bits per heavy atom. The molecule has 1 N–H and O–H groups in total. The summed E-state index contributed by atoms with van der Waals surface area (Å²) in [4.78, 5) is 32.7. The Balaban J connectivity index is 1.51. The highest BCUT2D eigenvalue weighted by Crippen LogP contribution is 2.44. The number of carbonyl (C=O) groups excluding carboxylic acids is 2. The van der Waals surface area contributed by atoms with E-state index in [9.17, 15) is 9.59 Å². The van der Waals surface area contributed by atoms with Gasteiger partial charge in [-0.3, -0.25) is 4.79 Å². The van der Waals surface area contributed by atoms with E-state index in [2.05, 4.69) is 12.2 Å². The van der Waals surface area contributed by atoms with Gasteiger partial charge in [-0.05, 0) is 50.7 Å². The molecule has 7 nitrogen and oxygen atoms in total. The number of fused-ring (bicyclic) bond motifs is 3. The molecule has 36 heavy (non-hydrogen) atoms. The standard InChI is InChI=1S/C28H38ClN3O4/c1-7-8-22(31-26(34)35-16-27(4,5)6)25(33)32-15-28(14-17(32)2)12-11-21-20-10-9-19(29)13-23(20)30-18(3)24(21)36-28/h9-10,13,17,22H,7-8,11-12,14-16H2,1-6H3,(H,31,34). The Morgan fingerprint density at radius 1 is 1.36 bits per heavy atom. The fourth-order valence-corrected chi connectivity index (χ4v) is 5.54. The molecule has 3 unspecified atom stereocenters. The van der Waals surface area contributed by atoms with E-state index in [4.69, 9.17) is 26.1 Å². The highest BCUT2D eigenvalue weighted by atomic mass is 35.5. The summed E-state index contributed by atoms with van der Waals surface area (Å²) < 4.78 is 12.1. The second-order valence-corrected chi connectivity index (χ2v) is 12.0. The van der Waals surface area contributed by atoms with Crippen LogP contribution < -0.4 is 10.1 Å². The zero-order valence-corrected chi connectivity index (χ0v) is 23.0. The summed E-state index contributed by atoms with van der Waals surface area (Å²) in [6, 6.07) is 5.17. The Morgan fingerprint density at radius 2 is 2.11 bits per heavy atom. The van der Waals surface area contributed by atoms with Crippen molar-refractivity contribution < 1.29 is 19.1 Å². The fourth-order valence-electron chi connectivity index (χ4n) is 5.37. The minimum absolute atomic E-state index is 0.00155. The topological polar surface area (TPSA) is 80.8 Å². The maximum absolute atomic E-state index is 13.6. The van der Waals surface area contributed by atoms with Crippen LogP contribution in [0, 0.1) is 12.3 Å². The lowest BCUT2D eigenvalue weighted by molar-refractivity contribution is -0.134. The zero-order chi connectivity index (χ0) is 26.3. The summed E-state index contributed by atoms with van der Waals surface area (Å²) in [6.45, 7) is 12.8. The summed E-state index contributed by atoms with van der Waals surface area (Å²) in [5, 5.41) is 4.54. The number of halogens is 1. The normalized spacial score (nSPS) is 22.3. The van der Waals surface area contributed by atoms with Crippen LogP contribution in [0.3, 0.4) is 0 Å². The van der Waals surface area contributed by atoms with Gasteiger partial charge in [0, 0.05) is 28.4 Å². The second kappa shape index (κ2) is 10.1. The van der Waals surface area contributed by atoms with E-state index in [0.717, 1.165) is 53.6 Å². The lowest BCUT2D eigenvalue weighted by Crippen LogP contribution is -2.51. The van der Waals surface area contributed by atoms with Crippen molar-refractivity contribution in [2.45, 2.75) is 91.3 Å². The third-order valence-electron chi connectivity index (χ3n) is 7.07. The molecule has 1 spiro atoms. The van der Waals surface area contributed by atoms with Crippen LogP contribution in [0.4, 0.5) is 4.79 Å². The van der Waals surface area contributed by atoms with Crippen molar-refractivity contribution in [2.75, 3.05) is 13.2 Å².